The Labute approximate surface area is 131 Å². The number of Topliss-reactive ketones (excluding diaryl/α,β-unsaturated/α-hetero) is 1. The normalized spacial score (nSPS) is 10.4. The highest BCUT2D eigenvalue weighted by molar-refractivity contribution is 7.98. The number of ketones is 1. The van der Waals surface area contributed by atoms with Crippen LogP contribution in [-0.4, -0.2) is 23.8 Å². The topological polar surface area (TPSA) is 56.3 Å². The van der Waals surface area contributed by atoms with Gasteiger partial charge in [0.25, 0.3) is 0 Å². The Morgan fingerprint density at radius 1 is 1.38 bits per heavy atom. The molecule has 2 aromatic rings. The SMILES string of the molecule is COC(=O)c1nc(CSc2cccc(C)c2)sc1C(C)=O. The first-order valence-electron chi connectivity index (χ1n) is 6.29. The summed E-state index contributed by atoms with van der Waals surface area (Å²) >= 11 is 2.88. The molecular formula is C15H15NO3S2. The standard InChI is InChI=1S/C15H15NO3S2/c1-9-5-4-6-11(7-9)20-8-12-16-13(15(18)19-3)14(21-12)10(2)17/h4-7H,8H2,1-3H3. The van der Waals surface area contributed by atoms with Crippen LogP contribution in [0.3, 0.4) is 0 Å². The van der Waals surface area contributed by atoms with Crippen molar-refractivity contribution in [2.75, 3.05) is 7.11 Å². The number of aryl methyl sites for hydroxylation is 1. The summed E-state index contributed by atoms with van der Waals surface area (Å²) in [7, 11) is 1.28. The van der Waals surface area contributed by atoms with Gasteiger partial charge in [0.2, 0.25) is 0 Å². The van der Waals surface area contributed by atoms with E-state index >= 15 is 0 Å². The molecule has 0 atom stereocenters. The molecule has 0 aliphatic carbocycles. The van der Waals surface area contributed by atoms with E-state index in [2.05, 4.69) is 15.8 Å². The Kier molecular flexibility index (Phi) is 5.14. The number of thiazole rings is 1. The maximum absolute atomic E-state index is 11.6. The number of nitrogens with zero attached hydrogens (tertiary/aromatic N) is 1. The highest BCUT2D eigenvalue weighted by Gasteiger charge is 2.21. The molecule has 1 aromatic heterocycles. The lowest BCUT2D eigenvalue weighted by molar-refractivity contribution is 0.0591. The summed E-state index contributed by atoms with van der Waals surface area (Å²) in [6, 6.07) is 8.15. The van der Waals surface area contributed by atoms with Crippen LogP contribution in [0.1, 0.15) is 37.7 Å². The first-order valence-corrected chi connectivity index (χ1v) is 8.10. The van der Waals surface area contributed by atoms with Crippen LogP contribution in [0, 0.1) is 6.92 Å². The molecule has 0 bridgehead atoms. The number of carbonyl (C=O) groups is 2. The molecule has 110 valence electrons. The minimum absolute atomic E-state index is 0.120. The molecule has 0 unspecified atom stereocenters. The molecular weight excluding hydrogens is 306 g/mol. The Balaban J connectivity index is 2.17. The number of hydrogen-bond donors (Lipinski definition) is 0. The third kappa shape index (κ3) is 3.92. The monoisotopic (exact) mass is 321 g/mol. The number of ether oxygens (including phenoxy) is 1. The average molecular weight is 321 g/mol. The molecule has 0 radical (unpaired) electrons. The van der Waals surface area contributed by atoms with Crippen molar-refractivity contribution in [3.8, 4) is 0 Å². The van der Waals surface area contributed by atoms with Crippen molar-refractivity contribution in [1.82, 2.24) is 4.98 Å². The van der Waals surface area contributed by atoms with Crippen LogP contribution >= 0.6 is 23.1 Å². The quantitative estimate of drug-likeness (QED) is 0.477. The van der Waals surface area contributed by atoms with E-state index in [9.17, 15) is 9.59 Å². The maximum atomic E-state index is 11.6. The van der Waals surface area contributed by atoms with Gasteiger partial charge >= 0.3 is 5.97 Å². The van der Waals surface area contributed by atoms with Crippen LogP contribution in [-0.2, 0) is 10.5 Å². The smallest absolute Gasteiger partial charge is 0.358 e. The minimum Gasteiger partial charge on any atom is -0.464 e. The van der Waals surface area contributed by atoms with Crippen molar-refractivity contribution in [2.24, 2.45) is 0 Å². The zero-order valence-electron chi connectivity index (χ0n) is 12.0. The van der Waals surface area contributed by atoms with Gasteiger partial charge in [-0.05, 0) is 19.1 Å². The largest absolute Gasteiger partial charge is 0.464 e. The number of esters is 1. The van der Waals surface area contributed by atoms with Gasteiger partial charge in [0.05, 0.1) is 12.9 Å². The van der Waals surface area contributed by atoms with Crippen LogP contribution in [0.5, 0.6) is 0 Å². The van der Waals surface area contributed by atoms with Gasteiger partial charge in [0.1, 0.15) is 9.88 Å². The van der Waals surface area contributed by atoms with Gasteiger partial charge in [-0.1, -0.05) is 17.7 Å². The molecule has 0 spiro atoms. The fourth-order valence-electron chi connectivity index (χ4n) is 1.75. The van der Waals surface area contributed by atoms with E-state index in [1.807, 2.05) is 25.1 Å². The summed E-state index contributed by atoms with van der Waals surface area (Å²) in [5.74, 6) is -0.117. The molecule has 0 aliphatic rings. The summed E-state index contributed by atoms with van der Waals surface area (Å²) in [5.41, 5.74) is 1.31. The Hall–Kier alpha value is -1.66. The third-order valence-electron chi connectivity index (χ3n) is 2.72. The molecule has 4 nitrogen and oxygen atoms in total. The van der Waals surface area contributed by atoms with E-state index in [4.69, 9.17) is 0 Å². The minimum atomic E-state index is -0.566. The second kappa shape index (κ2) is 6.87. The van der Waals surface area contributed by atoms with Gasteiger partial charge in [-0.25, -0.2) is 9.78 Å². The van der Waals surface area contributed by atoms with Gasteiger partial charge in [-0.3, -0.25) is 4.79 Å². The fraction of sp³-hybridized carbons (Fsp3) is 0.267. The van der Waals surface area contributed by atoms with Crippen molar-refractivity contribution in [2.45, 2.75) is 24.5 Å². The van der Waals surface area contributed by atoms with Crippen molar-refractivity contribution in [1.29, 1.82) is 0 Å². The highest BCUT2D eigenvalue weighted by Crippen LogP contribution is 2.28. The first kappa shape index (κ1) is 15.7. The van der Waals surface area contributed by atoms with Crippen LogP contribution in [0.25, 0.3) is 0 Å². The lowest BCUT2D eigenvalue weighted by Gasteiger charge is -2.00. The Morgan fingerprint density at radius 2 is 2.14 bits per heavy atom. The van der Waals surface area contributed by atoms with Crippen molar-refractivity contribution >= 4 is 34.9 Å². The van der Waals surface area contributed by atoms with Crippen LogP contribution in [0.4, 0.5) is 0 Å². The Morgan fingerprint density at radius 3 is 2.76 bits per heavy atom. The third-order valence-corrected chi connectivity index (χ3v) is 5.07. The number of methoxy groups -OCH3 is 1. The summed E-state index contributed by atoms with van der Waals surface area (Å²) < 4.78 is 4.67. The van der Waals surface area contributed by atoms with Crippen LogP contribution < -0.4 is 0 Å². The van der Waals surface area contributed by atoms with E-state index in [-0.39, 0.29) is 11.5 Å². The van der Waals surface area contributed by atoms with E-state index in [1.54, 1.807) is 11.8 Å². The lowest BCUT2D eigenvalue weighted by atomic mass is 10.2. The summed E-state index contributed by atoms with van der Waals surface area (Å²) in [6.07, 6.45) is 0. The summed E-state index contributed by atoms with van der Waals surface area (Å²) in [6.45, 7) is 3.47. The van der Waals surface area contributed by atoms with Gasteiger partial charge in [-0.15, -0.1) is 23.1 Å². The van der Waals surface area contributed by atoms with Crippen molar-refractivity contribution in [3.63, 3.8) is 0 Å². The molecule has 21 heavy (non-hydrogen) atoms. The zero-order chi connectivity index (χ0) is 15.4. The molecule has 0 saturated heterocycles. The summed E-state index contributed by atoms with van der Waals surface area (Å²) in [5, 5.41) is 0.743. The molecule has 0 aliphatic heterocycles. The molecule has 1 heterocycles. The molecule has 0 saturated carbocycles. The fourth-order valence-corrected chi connectivity index (χ4v) is 3.70. The highest BCUT2D eigenvalue weighted by atomic mass is 32.2. The second-order valence-electron chi connectivity index (χ2n) is 4.44. The van der Waals surface area contributed by atoms with E-state index in [0.29, 0.717) is 10.6 Å². The second-order valence-corrected chi connectivity index (χ2v) is 6.57. The maximum Gasteiger partial charge on any atom is 0.358 e. The number of benzene rings is 1. The molecule has 0 N–H and O–H groups in total. The van der Waals surface area contributed by atoms with E-state index in [0.717, 1.165) is 9.90 Å². The van der Waals surface area contributed by atoms with Gasteiger partial charge < -0.3 is 4.74 Å². The number of hydrogen-bond acceptors (Lipinski definition) is 6. The van der Waals surface area contributed by atoms with Crippen LogP contribution in [0.15, 0.2) is 29.2 Å². The number of carbonyl (C=O) groups excluding carboxylic acids is 2. The molecule has 1 aromatic carbocycles. The van der Waals surface area contributed by atoms with Crippen LogP contribution in [0.2, 0.25) is 0 Å². The molecule has 2 rings (SSSR count). The van der Waals surface area contributed by atoms with E-state index < -0.39 is 5.97 Å². The summed E-state index contributed by atoms with van der Waals surface area (Å²) in [4.78, 5) is 28.9. The van der Waals surface area contributed by atoms with Crippen molar-refractivity contribution < 1.29 is 14.3 Å². The van der Waals surface area contributed by atoms with Gasteiger partial charge in [-0.2, -0.15) is 0 Å². The molecule has 6 heteroatoms. The van der Waals surface area contributed by atoms with E-state index in [1.165, 1.54) is 30.9 Å². The number of rotatable bonds is 5. The number of aromatic nitrogens is 1. The predicted molar refractivity (Wildman–Crippen MR) is 84.2 cm³/mol. The average Bonchev–Trinajstić information content (AvgIpc) is 2.89. The Bertz CT molecular complexity index is 679. The van der Waals surface area contributed by atoms with Gasteiger partial charge in [0, 0.05) is 11.8 Å². The lowest BCUT2D eigenvalue weighted by Crippen LogP contribution is -2.07. The molecule has 0 fully saturated rings. The number of thioether (sulfide) groups is 1. The van der Waals surface area contributed by atoms with Gasteiger partial charge in [0.15, 0.2) is 11.5 Å². The predicted octanol–water partition coefficient (Wildman–Crippen LogP) is 3.73. The van der Waals surface area contributed by atoms with Crippen molar-refractivity contribution in [3.05, 3.63) is 45.4 Å². The zero-order valence-corrected chi connectivity index (χ0v) is 13.6. The molecule has 0 amide bonds. The first-order chi connectivity index (χ1) is 10.0.